The molecular formula is C18H32N2. The minimum absolute atomic E-state index is 0.166. The third kappa shape index (κ3) is 6.53. The van der Waals surface area contributed by atoms with E-state index in [2.05, 4.69) is 69.1 Å². The monoisotopic (exact) mass is 276 g/mol. The molecule has 2 heteroatoms. The van der Waals surface area contributed by atoms with Gasteiger partial charge in [-0.2, -0.15) is 0 Å². The van der Waals surface area contributed by atoms with Gasteiger partial charge >= 0.3 is 0 Å². The Morgan fingerprint density at radius 1 is 1.05 bits per heavy atom. The molecule has 0 bridgehead atoms. The molecule has 20 heavy (non-hydrogen) atoms. The van der Waals surface area contributed by atoms with E-state index in [4.69, 9.17) is 0 Å². The van der Waals surface area contributed by atoms with Gasteiger partial charge in [-0.15, -0.1) is 0 Å². The Morgan fingerprint density at radius 2 is 1.70 bits per heavy atom. The number of hydrogen-bond donors (Lipinski definition) is 1. The predicted molar refractivity (Wildman–Crippen MR) is 88.9 cm³/mol. The van der Waals surface area contributed by atoms with Crippen molar-refractivity contribution < 1.29 is 0 Å². The van der Waals surface area contributed by atoms with Gasteiger partial charge in [0, 0.05) is 18.6 Å². The van der Waals surface area contributed by atoms with Gasteiger partial charge < -0.3 is 5.32 Å². The summed E-state index contributed by atoms with van der Waals surface area (Å²) in [5, 5.41) is 3.59. The van der Waals surface area contributed by atoms with E-state index in [0.29, 0.717) is 0 Å². The van der Waals surface area contributed by atoms with Gasteiger partial charge in [0.05, 0.1) is 0 Å². The third-order valence-corrected chi connectivity index (χ3v) is 3.60. The Kier molecular flexibility index (Phi) is 7.25. The lowest BCUT2D eigenvalue weighted by molar-refractivity contribution is 0.274. The van der Waals surface area contributed by atoms with Gasteiger partial charge in [0.1, 0.15) is 0 Å². The maximum absolute atomic E-state index is 3.59. The number of unbranched alkanes of at least 4 members (excludes halogenated alkanes) is 1. The van der Waals surface area contributed by atoms with Crippen LogP contribution >= 0.6 is 0 Å². The lowest BCUT2D eigenvalue weighted by Gasteiger charge is -2.24. The predicted octanol–water partition coefficient (Wildman–Crippen LogP) is 4.20. The van der Waals surface area contributed by atoms with Crippen LogP contribution in [0.1, 0.15) is 58.6 Å². The molecule has 0 atom stereocenters. The lowest BCUT2D eigenvalue weighted by atomic mass is 10.0. The summed E-state index contributed by atoms with van der Waals surface area (Å²) >= 11 is 0. The van der Waals surface area contributed by atoms with Crippen LogP contribution in [-0.2, 0) is 13.1 Å². The first-order valence-corrected chi connectivity index (χ1v) is 8.00. The third-order valence-electron chi connectivity index (χ3n) is 3.60. The van der Waals surface area contributed by atoms with E-state index in [1.54, 1.807) is 0 Å². The van der Waals surface area contributed by atoms with Crippen LogP contribution < -0.4 is 5.32 Å². The van der Waals surface area contributed by atoms with E-state index < -0.39 is 0 Å². The summed E-state index contributed by atoms with van der Waals surface area (Å²) in [5.74, 6) is 0. The molecule has 114 valence electrons. The standard InChI is InChI=1S/C18H32N2/c1-6-8-13-20(7-2)15-17-12-10-9-11-16(17)14-19-18(3,4)5/h9-12,19H,6-8,13-15H2,1-5H3. The van der Waals surface area contributed by atoms with Crippen molar-refractivity contribution in [1.29, 1.82) is 0 Å². The van der Waals surface area contributed by atoms with Crippen LogP contribution in [0.4, 0.5) is 0 Å². The highest BCUT2D eigenvalue weighted by molar-refractivity contribution is 5.27. The summed E-state index contributed by atoms with van der Waals surface area (Å²) in [6.45, 7) is 15.5. The first-order valence-electron chi connectivity index (χ1n) is 8.00. The van der Waals surface area contributed by atoms with Crippen molar-refractivity contribution in [3.8, 4) is 0 Å². The number of rotatable bonds is 8. The quantitative estimate of drug-likeness (QED) is 0.765. The molecule has 0 spiro atoms. The fraction of sp³-hybridized carbons (Fsp3) is 0.667. The minimum atomic E-state index is 0.166. The van der Waals surface area contributed by atoms with Gasteiger partial charge in [-0.1, -0.05) is 44.5 Å². The Hall–Kier alpha value is -0.860. The average molecular weight is 276 g/mol. The minimum Gasteiger partial charge on any atom is -0.308 e. The van der Waals surface area contributed by atoms with E-state index in [0.717, 1.165) is 19.6 Å². The van der Waals surface area contributed by atoms with Crippen LogP contribution in [0.25, 0.3) is 0 Å². The highest BCUT2D eigenvalue weighted by atomic mass is 15.1. The summed E-state index contributed by atoms with van der Waals surface area (Å²) in [4.78, 5) is 2.54. The molecule has 1 N–H and O–H groups in total. The number of nitrogens with one attached hydrogen (secondary N) is 1. The van der Waals surface area contributed by atoms with Crippen molar-refractivity contribution in [2.75, 3.05) is 13.1 Å². The molecule has 1 rings (SSSR count). The van der Waals surface area contributed by atoms with Crippen molar-refractivity contribution in [2.45, 2.75) is 66.1 Å². The molecule has 1 aromatic rings. The van der Waals surface area contributed by atoms with Crippen LogP contribution in [0.15, 0.2) is 24.3 Å². The SMILES string of the molecule is CCCCN(CC)Cc1ccccc1CNC(C)(C)C. The second-order valence-electron chi connectivity index (χ2n) is 6.59. The highest BCUT2D eigenvalue weighted by Gasteiger charge is 2.11. The van der Waals surface area contributed by atoms with Crippen LogP contribution in [0.3, 0.4) is 0 Å². The van der Waals surface area contributed by atoms with Gasteiger partial charge in [0.2, 0.25) is 0 Å². The van der Waals surface area contributed by atoms with E-state index in [1.165, 1.54) is 30.5 Å². The molecule has 0 aromatic heterocycles. The molecule has 0 amide bonds. The fourth-order valence-corrected chi connectivity index (χ4v) is 2.22. The molecule has 0 radical (unpaired) electrons. The zero-order valence-electron chi connectivity index (χ0n) is 14.0. The molecule has 0 saturated carbocycles. The Morgan fingerprint density at radius 3 is 2.25 bits per heavy atom. The molecule has 2 nitrogen and oxygen atoms in total. The van der Waals surface area contributed by atoms with Crippen molar-refractivity contribution in [2.24, 2.45) is 0 Å². The average Bonchev–Trinajstić information content (AvgIpc) is 2.41. The highest BCUT2D eigenvalue weighted by Crippen LogP contribution is 2.13. The first-order chi connectivity index (χ1) is 9.46. The molecule has 0 aliphatic heterocycles. The first kappa shape index (κ1) is 17.2. The molecule has 0 unspecified atom stereocenters. The Labute approximate surface area is 125 Å². The Balaban J connectivity index is 2.68. The van der Waals surface area contributed by atoms with E-state index in [9.17, 15) is 0 Å². The number of benzene rings is 1. The van der Waals surface area contributed by atoms with Crippen molar-refractivity contribution >= 4 is 0 Å². The lowest BCUT2D eigenvalue weighted by Crippen LogP contribution is -2.35. The Bertz CT molecular complexity index is 379. The van der Waals surface area contributed by atoms with Crippen LogP contribution in [0, 0.1) is 0 Å². The molecule has 0 heterocycles. The second-order valence-corrected chi connectivity index (χ2v) is 6.59. The maximum Gasteiger partial charge on any atom is 0.0236 e. The molecule has 0 aliphatic rings. The van der Waals surface area contributed by atoms with Gasteiger partial charge in [-0.05, 0) is 51.4 Å². The maximum atomic E-state index is 3.59. The summed E-state index contributed by atoms with van der Waals surface area (Å²) in [6.07, 6.45) is 2.56. The van der Waals surface area contributed by atoms with Gasteiger partial charge in [-0.25, -0.2) is 0 Å². The molecule has 0 fully saturated rings. The summed E-state index contributed by atoms with van der Waals surface area (Å²) in [5.41, 5.74) is 3.05. The van der Waals surface area contributed by atoms with Crippen molar-refractivity contribution in [3.63, 3.8) is 0 Å². The van der Waals surface area contributed by atoms with Crippen LogP contribution in [0.5, 0.6) is 0 Å². The normalized spacial score (nSPS) is 12.1. The van der Waals surface area contributed by atoms with E-state index >= 15 is 0 Å². The zero-order chi connectivity index (χ0) is 15.0. The summed E-state index contributed by atoms with van der Waals surface area (Å²) in [7, 11) is 0. The molecular weight excluding hydrogens is 244 g/mol. The van der Waals surface area contributed by atoms with Gasteiger partial charge in [0.25, 0.3) is 0 Å². The van der Waals surface area contributed by atoms with Crippen molar-refractivity contribution in [3.05, 3.63) is 35.4 Å². The smallest absolute Gasteiger partial charge is 0.0236 e. The molecule has 1 aromatic carbocycles. The fourth-order valence-electron chi connectivity index (χ4n) is 2.22. The van der Waals surface area contributed by atoms with Crippen molar-refractivity contribution in [1.82, 2.24) is 10.2 Å². The number of hydrogen-bond acceptors (Lipinski definition) is 2. The van der Waals surface area contributed by atoms with Gasteiger partial charge in [0.15, 0.2) is 0 Å². The van der Waals surface area contributed by atoms with Crippen LogP contribution in [0.2, 0.25) is 0 Å². The summed E-state index contributed by atoms with van der Waals surface area (Å²) < 4.78 is 0. The topological polar surface area (TPSA) is 15.3 Å². The van der Waals surface area contributed by atoms with Gasteiger partial charge in [-0.3, -0.25) is 4.90 Å². The van der Waals surface area contributed by atoms with Crippen LogP contribution in [-0.4, -0.2) is 23.5 Å². The van der Waals surface area contributed by atoms with E-state index in [-0.39, 0.29) is 5.54 Å². The van der Waals surface area contributed by atoms with E-state index in [1.807, 2.05) is 0 Å². The molecule has 0 aliphatic carbocycles. The second kappa shape index (κ2) is 8.43. The number of nitrogens with zero attached hydrogens (tertiary/aromatic N) is 1. The zero-order valence-corrected chi connectivity index (χ0v) is 14.0. The largest absolute Gasteiger partial charge is 0.308 e. The molecule has 0 saturated heterocycles. The summed E-state index contributed by atoms with van der Waals surface area (Å²) in [6, 6.07) is 8.82.